The van der Waals surface area contributed by atoms with Crippen molar-refractivity contribution in [1.82, 2.24) is 4.98 Å². The van der Waals surface area contributed by atoms with E-state index in [0.29, 0.717) is 5.82 Å². The van der Waals surface area contributed by atoms with E-state index in [-0.39, 0.29) is 12.2 Å². The number of nitrogens with two attached hydrogens (primary N) is 2. The van der Waals surface area contributed by atoms with Gasteiger partial charge < -0.3 is 11.5 Å². The quantitative estimate of drug-likeness (QED) is 0.732. The van der Waals surface area contributed by atoms with E-state index in [1.165, 1.54) is 0 Å². The molecule has 0 saturated carbocycles. The van der Waals surface area contributed by atoms with Crippen LogP contribution in [0.3, 0.4) is 0 Å². The maximum atomic E-state index is 11.6. The minimum absolute atomic E-state index is 0.0443. The Balaban J connectivity index is 2.80. The van der Waals surface area contributed by atoms with E-state index in [9.17, 15) is 4.79 Å². The summed E-state index contributed by atoms with van der Waals surface area (Å²) in [6.07, 6.45) is 1.83. The molecule has 4 N–H and O–H groups in total. The topological polar surface area (TPSA) is 82.0 Å². The highest BCUT2D eigenvalue weighted by atomic mass is 16.1. The van der Waals surface area contributed by atoms with Gasteiger partial charge in [0.05, 0.1) is 5.54 Å². The number of anilines is 1. The number of ketones is 1. The fourth-order valence-electron chi connectivity index (χ4n) is 1.00. The molecule has 0 atom stereocenters. The Morgan fingerprint density at radius 2 is 2.21 bits per heavy atom. The monoisotopic (exact) mass is 193 g/mol. The summed E-state index contributed by atoms with van der Waals surface area (Å²) in [6.45, 7) is 3.36. The second-order valence-electron chi connectivity index (χ2n) is 3.87. The van der Waals surface area contributed by atoms with E-state index in [1.54, 1.807) is 32.2 Å². The van der Waals surface area contributed by atoms with Crippen LogP contribution in [0.4, 0.5) is 5.82 Å². The number of pyridine rings is 1. The molecule has 4 nitrogen and oxygen atoms in total. The number of Topliss-reactive ketones (excluding diaryl/α,β-unsaturated/α-hetero) is 1. The highest BCUT2D eigenvalue weighted by Gasteiger charge is 2.22. The summed E-state index contributed by atoms with van der Waals surface area (Å²) < 4.78 is 0. The molecule has 0 spiro atoms. The molecule has 1 aromatic heterocycles. The average Bonchev–Trinajstić information content (AvgIpc) is 2.07. The average molecular weight is 193 g/mol. The first-order chi connectivity index (χ1) is 6.41. The van der Waals surface area contributed by atoms with Crippen molar-refractivity contribution >= 4 is 11.6 Å². The molecule has 1 heterocycles. The highest BCUT2D eigenvalue weighted by Crippen LogP contribution is 2.11. The molecule has 0 saturated heterocycles. The van der Waals surface area contributed by atoms with Crippen molar-refractivity contribution in [2.75, 3.05) is 5.73 Å². The smallest absolute Gasteiger partial charge is 0.156 e. The lowest BCUT2D eigenvalue weighted by atomic mass is 9.95. The maximum absolute atomic E-state index is 11.6. The first kappa shape index (κ1) is 10.7. The Labute approximate surface area is 83.3 Å². The molecule has 0 aromatic carbocycles. The second-order valence-corrected chi connectivity index (χ2v) is 3.87. The molecule has 76 valence electrons. The summed E-state index contributed by atoms with van der Waals surface area (Å²) in [7, 11) is 0. The molecular formula is C10H15N3O. The Morgan fingerprint density at radius 3 is 2.71 bits per heavy atom. The number of hydrogen-bond acceptors (Lipinski definition) is 4. The highest BCUT2D eigenvalue weighted by molar-refractivity contribution is 5.89. The third-order valence-electron chi connectivity index (χ3n) is 2.00. The predicted molar refractivity (Wildman–Crippen MR) is 55.6 cm³/mol. The van der Waals surface area contributed by atoms with Crippen LogP contribution in [0.25, 0.3) is 0 Å². The molecule has 14 heavy (non-hydrogen) atoms. The zero-order valence-corrected chi connectivity index (χ0v) is 8.45. The molecular weight excluding hydrogens is 178 g/mol. The Kier molecular flexibility index (Phi) is 2.86. The lowest BCUT2D eigenvalue weighted by molar-refractivity contribution is -0.122. The summed E-state index contributed by atoms with van der Waals surface area (Å²) in [4.78, 5) is 15.5. The van der Waals surface area contributed by atoms with Gasteiger partial charge in [-0.1, -0.05) is 6.07 Å². The summed E-state index contributed by atoms with van der Waals surface area (Å²) in [5.74, 6) is 0.349. The van der Waals surface area contributed by atoms with Crippen molar-refractivity contribution in [1.29, 1.82) is 0 Å². The molecule has 0 radical (unpaired) electrons. The van der Waals surface area contributed by atoms with Gasteiger partial charge in [0, 0.05) is 18.2 Å². The van der Waals surface area contributed by atoms with Gasteiger partial charge in [0.25, 0.3) is 0 Å². The van der Waals surface area contributed by atoms with Gasteiger partial charge in [0.1, 0.15) is 5.82 Å². The number of nitrogen functional groups attached to an aromatic ring is 1. The van der Waals surface area contributed by atoms with Crippen LogP contribution in [-0.2, 0) is 11.2 Å². The molecule has 1 rings (SSSR count). The molecule has 0 aliphatic rings. The summed E-state index contributed by atoms with van der Waals surface area (Å²) in [6, 6.07) is 3.54. The lowest BCUT2D eigenvalue weighted by Crippen LogP contribution is -2.42. The van der Waals surface area contributed by atoms with Crippen molar-refractivity contribution < 1.29 is 4.79 Å². The van der Waals surface area contributed by atoms with Crippen molar-refractivity contribution in [2.45, 2.75) is 25.8 Å². The molecule has 0 fully saturated rings. The maximum Gasteiger partial charge on any atom is 0.156 e. The van der Waals surface area contributed by atoms with Crippen molar-refractivity contribution in [3.05, 3.63) is 23.9 Å². The van der Waals surface area contributed by atoms with Gasteiger partial charge in [-0.3, -0.25) is 4.79 Å². The van der Waals surface area contributed by atoms with Gasteiger partial charge in [-0.2, -0.15) is 0 Å². The van der Waals surface area contributed by atoms with Crippen molar-refractivity contribution in [3.63, 3.8) is 0 Å². The number of carbonyl (C=O) groups excluding carboxylic acids is 1. The molecule has 0 amide bonds. The van der Waals surface area contributed by atoms with Gasteiger partial charge in [0.15, 0.2) is 5.78 Å². The third-order valence-corrected chi connectivity index (χ3v) is 2.00. The number of aromatic nitrogens is 1. The van der Waals surface area contributed by atoms with Gasteiger partial charge in [0.2, 0.25) is 0 Å². The van der Waals surface area contributed by atoms with Gasteiger partial charge in [-0.15, -0.1) is 0 Å². The van der Waals surface area contributed by atoms with E-state index in [1.807, 2.05) is 0 Å². The SMILES string of the molecule is CC(C)(N)C(=O)Cc1cccnc1N. The van der Waals surface area contributed by atoms with Gasteiger partial charge in [-0.05, 0) is 19.9 Å². The first-order valence-electron chi connectivity index (χ1n) is 4.43. The Hall–Kier alpha value is -1.42. The van der Waals surface area contributed by atoms with Gasteiger partial charge >= 0.3 is 0 Å². The number of rotatable bonds is 3. The number of hydrogen-bond donors (Lipinski definition) is 2. The van der Waals surface area contributed by atoms with E-state index in [4.69, 9.17) is 11.5 Å². The Bertz CT molecular complexity index is 341. The zero-order valence-electron chi connectivity index (χ0n) is 8.45. The van der Waals surface area contributed by atoms with Crippen LogP contribution in [-0.4, -0.2) is 16.3 Å². The van der Waals surface area contributed by atoms with Gasteiger partial charge in [-0.25, -0.2) is 4.98 Å². The van der Waals surface area contributed by atoms with Crippen molar-refractivity contribution in [2.24, 2.45) is 5.73 Å². The summed E-state index contributed by atoms with van der Waals surface area (Å²) in [5, 5.41) is 0. The fraction of sp³-hybridized carbons (Fsp3) is 0.400. The van der Waals surface area contributed by atoms with Crippen LogP contribution in [0.5, 0.6) is 0 Å². The molecule has 1 aromatic rings. The van der Waals surface area contributed by atoms with Crippen LogP contribution < -0.4 is 11.5 Å². The third kappa shape index (κ3) is 2.53. The summed E-state index contributed by atoms with van der Waals surface area (Å²) >= 11 is 0. The minimum atomic E-state index is -0.817. The predicted octanol–water partition coefficient (Wildman–Crippen LogP) is 0.513. The Morgan fingerprint density at radius 1 is 1.57 bits per heavy atom. The largest absolute Gasteiger partial charge is 0.383 e. The van der Waals surface area contributed by atoms with E-state index >= 15 is 0 Å². The van der Waals surface area contributed by atoms with E-state index < -0.39 is 5.54 Å². The number of nitrogens with zero attached hydrogens (tertiary/aromatic N) is 1. The van der Waals surface area contributed by atoms with Crippen LogP contribution in [0, 0.1) is 0 Å². The zero-order chi connectivity index (χ0) is 10.8. The van der Waals surface area contributed by atoms with Crippen LogP contribution in [0.15, 0.2) is 18.3 Å². The lowest BCUT2D eigenvalue weighted by Gasteiger charge is -2.16. The van der Waals surface area contributed by atoms with Crippen molar-refractivity contribution in [3.8, 4) is 0 Å². The molecule has 4 heteroatoms. The number of carbonyl (C=O) groups is 1. The molecule has 0 bridgehead atoms. The standard InChI is InChI=1S/C10H15N3O/c1-10(2,12)8(14)6-7-4-3-5-13-9(7)11/h3-5H,6,12H2,1-2H3,(H2,11,13). The summed E-state index contributed by atoms with van der Waals surface area (Å²) in [5.41, 5.74) is 11.2. The van der Waals surface area contributed by atoms with E-state index in [0.717, 1.165) is 5.56 Å². The second kappa shape index (κ2) is 3.75. The molecule has 0 aliphatic carbocycles. The minimum Gasteiger partial charge on any atom is -0.383 e. The van der Waals surface area contributed by atoms with Crippen LogP contribution in [0.1, 0.15) is 19.4 Å². The van der Waals surface area contributed by atoms with Crippen LogP contribution in [0.2, 0.25) is 0 Å². The fourth-order valence-corrected chi connectivity index (χ4v) is 1.00. The van der Waals surface area contributed by atoms with Crippen LogP contribution >= 0.6 is 0 Å². The van der Waals surface area contributed by atoms with E-state index in [2.05, 4.69) is 4.98 Å². The molecule has 0 aliphatic heterocycles. The first-order valence-corrected chi connectivity index (χ1v) is 4.43. The normalized spacial score (nSPS) is 11.4. The molecule has 0 unspecified atom stereocenters.